The van der Waals surface area contributed by atoms with Crippen molar-refractivity contribution in [1.29, 1.82) is 0 Å². The molecule has 0 radical (unpaired) electrons. The topological polar surface area (TPSA) is 59.9 Å². The maximum absolute atomic E-state index is 5.92. The van der Waals surface area contributed by atoms with E-state index in [0.717, 1.165) is 22.1 Å². The number of nitrogens with zero attached hydrogens (tertiary/aromatic N) is 3. The zero-order valence-corrected chi connectivity index (χ0v) is 13.5. The highest BCUT2D eigenvalue weighted by Gasteiger charge is 2.24. The zero-order valence-electron chi connectivity index (χ0n) is 11.1. The lowest BCUT2D eigenvalue weighted by Gasteiger charge is -2.16. The normalized spacial score (nSPS) is 16.4. The van der Waals surface area contributed by atoms with Gasteiger partial charge in [-0.2, -0.15) is 4.98 Å². The SMILES string of the molecule is CCC1Nc2ccc(Br)cc2-c2nnc(SC)nc2O1. The monoisotopic (exact) mass is 352 g/mol. The van der Waals surface area contributed by atoms with Crippen molar-refractivity contribution in [2.45, 2.75) is 24.7 Å². The number of aromatic nitrogens is 3. The fraction of sp³-hybridized carbons (Fsp3) is 0.308. The molecule has 5 nitrogen and oxygen atoms in total. The van der Waals surface area contributed by atoms with Crippen molar-refractivity contribution in [2.75, 3.05) is 11.6 Å². The third kappa shape index (κ3) is 2.47. The molecule has 0 aliphatic carbocycles. The molecule has 0 amide bonds. The van der Waals surface area contributed by atoms with Gasteiger partial charge in [-0.15, -0.1) is 10.2 Å². The van der Waals surface area contributed by atoms with Gasteiger partial charge in [0.15, 0.2) is 11.9 Å². The number of thioether (sulfide) groups is 1. The van der Waals surface area contributed by atoms with Crippen molar-refractivity contribution in [3.63, 3.8) is 0 Å². The van der Waals surface area contributed by atoms with Crippen molar-refractivity contribution < 1.29 is 4.74 Å². The first-order chi connectivity index (χ1) is 9.71. The second-order valence-corrected chi connectivity index (χ2v) is 5.99. The van der Waals surface area contributed by atoms with Crippen molar-refractivity contribution in [2.24, 2.45) is 0 Å². The van der Waals surface area contributed by atoms with E-state index in [1.54, 1.807) is 0 Å². The van der Waals surface area contributed by atoms with Gasteiger partial charge < -0.3 is 10.1 Å². The molecule has 1 aromatic carbocycles. The Labute approximate surface area is 129 Å². The highest BCUT2D eigenvalue weighted by atomic mass is 79.9. The number of anilines is 1. The first-order valence-electron chi connectivity index (χ1n) is 6.23. The molecule has 2 aromatic rings. The summed E-state index contributed by atoms with van der Waals surface area (Å²) in [6.45, 7) is 2.06. The summed E-state index contributed by atoms with van der Waals surface area (Å²) in [7, 11) is 0. The molecule has 1 N–H and O–H groups in total. The summed E-state index contributed by atoms with van der Waals surface area (Å²) in [6.07, 6.45) is 2.62. The lowest BCUT2D eigenvalue weighted by molar-refractivity contribution is 0.216. The van der Waals surface area contributed by atoms with Crippen molar-refractivity contribution >= 4 is 33.4 Å². The Balaban J connectivity index is 2.20. The Kier molecular flexibility index (Phi) is 3.80. The molecule has 1 atom stereocenters. The summed E-state index contributed by atoms with van der Waals surface area (Å²) < 4.78 is 6.90. The Hall–Kier alpha value is -1.34. The average Bonchev–Trinajstić information content (AvgIpc) is 2.62. The fourth-order valence-corrected chi connectivity index (χ4v) is 2.65. The summed E-state index contributed by atoms with van der Waals surface area (Å²) in [6, 6.07) is 5.99. The van der Waals surface area contributed by atoms with E-state index in [-0.39, 0.29) is 6.23 Å². The average molecular weight is 353 g/mol. The lowest BCUT2D eigenvalue weighted by atomic mass is 10.1. The van der Waals surface area contributed by atoms with Crippen LogP contribution in [0.25, 0.3) is 11.3 Å². The highest BCUT2D eigenvalue weighted by Crippen LogP contribution is 2.38. The van der Waals surface area contributed by atoms with E-state index in [4.69, 9.17) is 4.74 Å². The van der Waals surface area contributed by atoms with E-state index < -0.39 is 0 Å². The largest absolute Gasteiger partial charge is 0.452 e. The summed E-state index contributed by atoms with van der Waals surface area (Å²) >= 11 is 4.93. The van der Waals surface area contributed by atoms with E-state index in [1.807, 2.05) is 24.5 Å². The number of ether oxygens (including phenoxy) is 1. The van der Waals surface area contributed by atoms with Crippen LogP contribution in [0.1, 0.15) is 13.3 Å². The van der Waals surface area contributed by atoms with Gasteiger partial charge in [0.05, 0.1) is 0 Å². The molecular weight excluding hydrogens is 340 g/mol. The number of halogens is 1. The first kappa shape index (κ1) is 13.6. The standard InChI is InChI=1S/C13H13BrN4OS/c1-3-10-15-9-5-4-7(14)6-8(9)11-12(19-10)16-13(20-2)18-17-11/h4-6,10,15H,3H2,1-2H3. The molecule has 104 valence electrons. The van der Waals surface area contributed by atoms with Crippen LogP contribution in [-0.2, 0) is 0 Å². The second kappa shape index (κ2) is 5.57. The Morgan fingerprint density at radius 2 is 2.25 bits per heavy atom. The van der Waals surface area contributed by atoms with Crippen LogP contribution in [0.4, 0.5) is 5.69 Å². The molecule has 1 unspecified atom stereocenters. The summed E-state index contributed by atoms with van der Waals surface area (Å²) in [5.41, 5.74) is 2.59. The van der Waals surface area contributed by atoms with Gasteiger partial charge in [-0.1, -0.05) is 34.6 Å². The molecule has 1 aliphatic rings. The van der Waals surface area contributed by atoms with Gasteiger partial charge in [-0.3, -0.25) is 0 Å². The number of rotatable bonds is 2. The van der Waals surface area contributed by atoms with Crippen LogP contribution in [-0.4, -0.2) is 27.7 Å². The number of fused-ring (bicyclic) bond motifs is 3. The predicted octanol–water partition coefficient (Wildman–Crippen LogP) is 3.56. The summed E-state index contributed by atoms with van der Waals surface area (Å²) in [5, 5.41) is 12.4. The van der Waals surface area contributed by atoms with Crippen LogP contribution in [0.5, 0.6) is 5.88 Å². The molecule has 2 heterocycles. The third-order valence-electron chi connectivity index (χ3n) is 3.00. The Morgan fingerprint density at radius 1 is 1.40 bits per heavy atom. The van der Waals surface area contributed by atoms with E-state index >= 15 is 0 Å². The van der Waals surface area contributed by atoms with E-state index in [9.17, 15) is 0 Å². The van der Waals surface area contributed by atoms with Crippen molar-refractivity contribution in [3.05, 3.63) is 22.7 Å². The quantitative estimate of drug-likeness (QED) is 0.833. The molecule has 1 aromatic heterocycles. The molecule has 0 bridgehead atoms. The van der Waals surface area contributed by atoms with Gasteiger partial charge in [0, 0.05) is 22.1 Å². The van der Waals surface area contributed by atoms with Gasteiger partial charge in [-0.25, -0.2) is 0 Å². The van der Waals surface area contributed by atoms with Crippen LogP contribution >= 0.6 is 27.7 Å². The molecule has 1 aliphatic heterocycles. The maximum atomic E-state index is 5.92. The Morgan fingerprint density at radius 3 is 3.00 bits per heavy atom. The van der Waals surface area contributed by atoms with Crippen LogP contribution in [0, 0.1) is 0 Å². The van der Waals surface area contributed by atoms with E-state index in [2.05, 4.69) is 43.4 Å². The molecule has 0 saturated carbocycles. The van der Waals surface area contributed by atoms with Crippen molar-refractivity contribution in [3.8, 4) is 17.1 Å². The number of nitrogens with one attached hydrogen (secondary N) is 1. The minimum atomic E-state index is -0.123. The number of hydrogen-bond acceptors (Lipinski definition) is 6. The van der Waals surface area contributed by atoms with Gasteiger partial charge in [0.25, 0.3) is 0 Å². The van der Waals surface area contributed by atoms with Crippen LogP contribution < -0.4 is 10.1 Å². The fourth-order valence-electron chi connectivity index (χ4n) is 2.00. The number of benzene rings is 1. The van der Waals surface area contributed by atoms with Crippen LogP contribution in [0.3, 0.4) is 0 Å². The Bertz CT molecular complexity index is 652. The van der Waals surface area contributed by atoms with Gasteiger partial charge in [0.1, 0.15) is 0 Å². The minimum absolute atomic E-state index is 0.123. The zero-order chi connectivity index (χ0) is 14.1. The predicted molar refractivity (Wildman–Crippen MR) is 83.1 cm³/mol. The minimum Gasteiger partial charge on any atom is -0.452 e. The molecule has 20 heavy (non-hydrogen) atoms. The summed E-state index contributed by atoms with van der Waals surface area (Å²) in [5.74, 6) is 0.528. The molecule has 0 spiro atoms. The van der Waals surface area contributed by atoms with E-state index in [1.165, 1.54) is 11.8 Å². The van der Waals surface area contributed by atoms with Gasteiger partial charge in [0.2, 0.25) is 11.0 Å². The molecule has 3 rings (SSSR count). The van der Waals surface area contributed by atoms with Crippen molar-refractivity contribution in [1.82, 2.24) is 15.2 Å². The van der Waals surface area contributed by atoms with Crippen LogP contribution in [0.2, 0.25) is 0 Å². The molecule has 0 fully saturated rings. The molecule has 0 saturated heterocycles. The lowest BCUT2D eigenvalue weighted by Crippen LogP contribution is -2.24. The van der Waals surface area contributed by atoms with Gasteiger partial charge in [-0.05, 0) is 24.5 Å². The van der Waals surface area contributed by atoms with Crippen LogP contribution in [0.15, 0.2) is 27.8 Å². The molecule has 7 heteroatoms. The van der Waals surface area contributed by atoms with Gasteiger partial charge >= 0.3 is 0 Å². The molecular formula is C13H13BrN4OS. The van der Waals surface area contributed by atoms with E-state index in [0.29, 0.717) is 16.7 Å². The summed E-state index contributed by atoms with van der Waals surface area (Å²) in [4.78, 5) is 4.43. The second-order valence-electron chi connectivity index (χ2n) is 4.30. The number of hydrogen-bond donors (Lipinski definition) is 1. The third-order valence-corrected chi connectivity index (χ3v) is 4.03. The first-order valence-corrected chi connectivity index (χ1v) is 8.25. The highest BCUT2D eigenvalue weighted by molar-refractivity contribution is 9.10. The maximum Gasteiger partial charge on any atom is 0.247 e. The smallest absolute Gasteiger partial charge is 0.247 e.